The summed E-state index contributed by atoms with van der Waals surface area (Å²) in [4.78, 5) is 4.74. The zero-order chi connectivity index (χ0) is 14.2. The standard InChI is InChI=1S/C14H18BrN3O/c1-14(2,3)11-7-9(18-16)12-10(19-4)6-5-8(15)13(12)17-11/h5-7H,16H2,1-4H3,(H,17,18). The number of anilines is 1. The van der Waals surface area contributed by atoms with E-state index in [9.17, 15) is 0 Å². The molecule has 0 aliphatic heterocycles. The first-order valence-electron chi connectivity index (χ1n) is 6.03. The number of ether oxygens (including phenoxy) is 1. The van der Waals surface area contributed by atoms with E-state index >= 15 is 0 Å². The number of aromatic nitrogens is 1. The summed E-state index contributed by atoms with van der Waals surface area (Å²) < 4.78 is 6.32. The number of hydrogen-bond donors (Lipinski definition) is 2. The molecule has 1 aromatic carbocycles. The molecule has 0 amide bonds. The Morgan fingerprint density at radius 3 is 2.53 bits per heavy atom. The SMILES string of the molecule is COc1ccc(Br)c2nc(C(C)(C)C)cc(NN)c12. The quantitative estimate of drug-likeness (QED) is 0.655. The van der Waals surface area contributed by atoms with Gasteiger partial charge in [0.05, 0.1) is 23.7 Å². The lowest BCUT2D eigenvalue weighted by molar-refractivity contribution is 0.419. The highest BCUT2D eigenvalue weighted by atomic mass is 79.9. The van der Waals surface area contributed by atoms with E-state index in [0.29, 0.717) is 0 Å². The molecule has 19 heavy (non-hydrogen) atoms. The zero-order valence-corrected chi connectivity index (χ0v) is 13.1. The molecule has 0 saturated heterocycles. The number of fused-ring (bicyclic) bond motifs is 1. The normalized spacial score (nSPS) is 11.7. The van der Waals surface area contributed by atoms with Crippen LogP contribution in [0.4, 0.5) is 5.69 Å². The third-order valence-electron chi connectivity index (χ3n) is 3.02. The van der Waals surface area contributed by atoms with Crippen LogP contribution in [0.1, 0.15) is 26.5 Å². The minimum Gasteiger partial charge on any atom is -0.496 e. The van der Waals surface area contributed by atoms with E-state index in [4.69, 9.17) is 15.6 Å². The van der Waals surface area contributed by atoms with Gasteiger partial charge >= 0.3 is 0 Å². The smallest absolute Gasteiger partial charge is 0.130 e. The number of hydrazine groups is 1. The van der Waals surface area contributed by atoms with Crippen LogP contribution in [0.2, 0.25) is 0 Å². The van der Waals surface area contributed by atoms with Gasteiger partial charge in [-0.1, -0.05) is 20.8 Å². The predicted octanol–water partition coefficient (Wildman–Crippen LogP) is 3.59. The van der Waals surface area contributed by atoms with E-state index in [-0.39, 0.29) is 5.41 Å². The molecule has 0 saturated carbocycles. The molecular weight excluding hydrogens is 306 g/mol. The van der Waals surface area contributed by atoms with Crippen molar-refractivity contribution in [3.63, 3.8) is 0 Å². The maximum absolute atomic E-state index is 5.65. The van der Waals surface area contributed by atoms with E-state index < -0.39 is 0 Å². The molecule has 0 bridgehead atoms. The number of halogens is 1. The van der Waals surface area contributed by atoms with Gasteiger partial charge in [-0.2, -0.15) is 0 Å². The van der Waals surface area contributed by atoms with E-state index in [0.717, 1.165) is 32.5 Å². The second-order valence-electron chi connectivity index (χ2n) is 5.42. The molecular formula is C14H18BrN3O. The fraction of sp³-hybridized carbons (Fsp3) is 0.357. The Morgan fingerprint density at radius 1 is 1.32 bits per heavy atom. The van der Waals surface area contributed by atoms with Crippen LogP contribution in [0, 0.1) is 0 Å². The zero-order valence-electron chi connectivity index (χ0n) is 11.5. The lowest BCUT2D eigenvalue weighted by Gasteiger charge is -2.21. The number of hydrogen-bond acceptors (Lipinski definition) is 4. The number of nitrogens with two attached hydrogens (primary N) is 1. The van der Waals surface area contributed by atoms with Gasteiger partial charge < -0.3 is 10.2 Å². The van der Waals surface area contributed by atoms with Crippen LogP contribution in [-0.2, 0) is 5.41 Å². The Labute approximate surface area is 121 Å². The van der Waals surface area contributed by atoms with Gasteiger partial charge in [-0.15, -0.1) is 0 Å². The van der Waals surface area contributed by atoms with Crippen molar-refractivity contribution in [2.75, 3.05) is 12.5 Å². The Balaban J connectivity index is 2.88. The van der Waals surface area contributed by atoms with Gasteiger partial charge in [0.1, 0.15) is 5.75 Å². The molecule has 3 N–H and O–H groups in total. The monoisotopic (exact) mass is 323 g/mol. The predicted molar refractivity (Wildman–Crippen MR) is 82.5 cm³/mol. The molecule has 1 heterocycles. The van der Waals surface area contributed by atoms with Crippen molar-refractivity contribution in [3.05, 3.63) is 28.4 Å². The van der Waals surface area contributed by atoms with Gasteiger partial charge in [-0.05, 0) is 34.1 Å². The van der Waals surface area contributed by atoms with Crippen LogP contribution in [0.5, 0.6) is 5.75 Å². The highest BCUT2D eigenvalue weighted by molar-refractivity contribution is 9.10. The molecule has 0 aliphatic carbocycles. The molecule has 0 aliphatic rings. The molecule has 0 unspecified atom stereocenters. The molecule has 0 spiro atoms. The molecule has 0 fully saturated rings. The van der Waals surface area contributed by atoms with Gasteiger partial charge in [-0.25, -0.2) is 0 Å². The van der Waals surface area contributed by atoms with Crippen molar-refractivity contribution in [2.24, 2.45) is 5.84 Å². The Kier molecular flexibility index (Phi) is 3.69. The van der Waals surface area contributed by atoms with Crippen molar-refractivity contribution in [3.8, 4) is 5.75 Å². The van der Waals surface area contributed by atoms with Crippen LogP contribution in [0.15, 0.2) is 22.7 Å². The number of nitrogens with one attached hydrogen (secondary N) is 1. The van der Waals surface area contributed by atoms with Gasteiger partial charge in [0.15, 0.2) is 0 Å². The first-order valence-corrected chi connectivity index (χ1v) is 6.82. The molecule has 102 valence electrons. The highest BCUT2D eigenvalue weighted by Gasteiger charge is 2.20. The summed E-state index contributed by atoms with van der Waals surface area (Å²) in [7, 11) is 1.64. The van der Waals surface area contributed by atoms with Crippen molar-refractivity contribution in [2.45, 2.75) is 26.2 Å². The lowest BCUT2D eigenvalue weighted by atomic mass is 9.90. The largest absolute Gasteiger partial charge is 0.496 e. The molecule has 2 aromatic rings. The summed E-state index contributed by atoms with van der Waals surface area (Å²) in [6.07, 6.45) is 0. The van der Waals surface area contributed by atoms with Crippen LogP contribution in [0.25, 0.3) is 10.9 Å². The number of benzene rings is 1. The first kappa shape index (κ1) is 14.1. The molecule has 4 nitrogen and oxygen atoms in total. The van der Waals surface area contributed by atoms with Gasteiger partial charge in [0.2, 0.25) is 0 Å². The fourth-order valence-electron chi connectivity index (χ4n) is 1.95. The van der Waals surface area contributed by atoms with Crippen LogP contribution in [0.3, 0.4) is 0 Å². The van der Waals surface area contributed by atoms with Crippen LogP contribution < -0.4 is 16.0 Å². The van der Waals surface area contributed by atoms with Gasteiger partial charge in [0, 0.05) is 15.6 Å². The molecule has 5 heteroatoms. The highest BCUT2D eigenvalue weighted by Crippen LogP contribution is 2.37. The number of methoxy groups -OCH3 is 1. The van der Waals surface area contributed by atoms with E-state index in [1.807, 2.05) is 18.2 Å². The topological polar surface area (TPSA) is 60.2 Å². The summed E-state index contributed by atoms with van der Waals surface area (Å²) in [6.45, 7) is 6.36. The van der Waals surface area contributed by atoms with Crippen molar-refractivity contribution in [1.82, 2.24) is 4.98 Å². The Bertz CT molecular complexity index is 620. The molecule has 0 radical (unpaired) electrons. The summed E-state index contributed by atoms with van der Waals surface area (Å²) in [6, 6.07) is 5.80. The van der Waals surface area contributed by atoms with Gasteiger partial charge in [-0.3, -0.25) is 10.8 Å². The third-order valence-corrected chi connectivity index (χ3v) is 3.66. The number of pyridine rings is 1. The van der Waals surface area contributed by atoms with Crippen molar-refractivity contribution in [1.29, 1.82) is 0 Å². The Hall–Kier alpha value is -1.33. The van der Waals surface area contributed by atoms with E-state index in [1.54, 1.807) is 7.11 Å². The fourth-order valence-corrected chi connectivity index (χ4v) is 2.37. The second kappa shape index (κ2) is 4.98. The Morgan fingerprint density at radius 2 is 2.00 bits per heavy atom. The minimum absolute atomic E-state index is 0.0533. The number of nitrogen functional groups attached to an aromatic ring is 1. The summed E-state index contributed by atoms with van der Waals surface area (Å²) in [5.74, 6) is 6.40. The summed E-state index contributed by atoms with van der Waals surface area (Å²) in [5.41, 5.74) is 5.32. The number of rotatable bonds is 2. The van der Waals surface area contributed by atoms with Crippen LogP contribution in [-0.4, -0.2) is 12.1 Å². The summed E-state index contributed by atoms with van der Waals surface area (Å²) >= 11 is 3.54. The molecule has 2 rings (SSSR count). The van der Waals surface area contributed by atoms with E-state index in [2.05, 4.69) is 42.1 Å². The average Bonchev–Trinajstić information content (AvgIpc) is 2.37. The lowest BCUT2D eigenvalue weighted by Crippen LogP contribution is -2.16. The average molecular weight is 324 g/mol. The van der Waals surface area contributed by atoms with Gasteiger partial charge in [0.25, 0.3) is 0 Å². The summed E-state index contributed by atoms with van der Waals surface area (Å²) in [5, 5.41) is 0.882. The van der Waals surface area contributed by atoms with E-state index in [1.165, 1.54) is 0 Å². The number of nitrogens with zero attached hydrogens (tertiary/aromatic N) is 1. The minimum atomic E-state index is -0.0533. The second-order valence-corrected chi connectivity index (χ2v) is 6.28. The molecule has 0 atom stereocenters. The van der Waals surface area contributed by atoms with Crippen molar-refractivity contribution < 1.29 is 4.74 Å². The van der Waals surface area contributed by atoms with Crippen LogP contribution >= 0.6 is 15.9 Å². The third kappa shape index (κ3) is 2.53. The maximum atomic E-state index is 5.65. The van der Waals surface area contributed by atoms with Crippen molar-refractivity contribution >= 4 is 32.5 Å². The first-order chi connectivity index (χ1) is 8.88. The molecule has 1 aromatic heterocycles. The maximum Gasteiger partial charge on any atom is 0.130 e.